The van der Waals surface area contributed by atoms with E-state index in [2.05, 4.69) is 102 Å². The monoisotopic (exact) mass is 865 g/mol. The third-order valence-corrected chi connectivity index (χ3v) is 11.7. The third-order valence-electron chi connectivity index (χ3n) is 9.66. The van der Waals surface area contributed by atoms with E-state index in [0.717, 1.165) is 86.8 Å². The van der Waals surface area contributed by atoms with Gasteiger partial charge in [-0.25, -0.2) is 0 Å². The second-order valence-electron chi connectivity index (χ2n) is 14.5. The maximum absolute atomic E-state index is 9.02. The predicted octanol–water partition coefficient (Wildman–Crippen LogP) is 12.4. The first-order chi connectivity index (χ1) is 24.9. The third kappa shape index (κ3) is 8.17. The van der Waals surface area contributed by atoms with Crippen LogP contribution in [0, 0.1) is 12.1 Å². The molecule has 3 nitrogen and oxygen atoms in total. The van der Waals surface area contributed by atoms with Crippen LogP contribution >= 0.6 is 0 Å². The van der Waals surface area contributed by atoms with Crippen molar-refractivity contribution in [1.29, 1.82) is 0 Å². The number of rotatable bonds is 6. The van der Waals surface area contributed by atoms with Gasteiger partial charge in [-0.2, -0.15) is 0 Å². The maximum atomic E-state index is 9.02. The Morgan fingerprint density at radius 3 is 2.29 bits per heavy atom. The maximum Gasteiger partial charge on any atom is 0.121 e. The van der Waals surface area contributed by atoms with E-state index in [1.807, 2.05) is 68.7 Å². The molecular formula is C46H46IrN2OSi-2. The van der Waals surface area contributed by atoms with Crippen LogP contribution in [0.2, 0.25) is 19.6 Å². The summed E-state index contributed by atoms with van der Waals surface area (Å²) < 4.78 is 23.8. The zero-order chi connectivity index (χ0) is 36.5. The van der Waals surface area contributed by atoms with Gasteiger partial charge >= 0.3 is 0 Å². The van der Waals surface area contributed by atoms with Crippen LogP contribution in [0.25, 0.3) is 55.6 Å². The Hall–Kier alpha value is -4.15. The van der Waals surface area contributed by atoms with Crippen molar-refractivity contribution in [2.45, 2.75) is 77.4 Å². The summed E-state index contributed by atoms with van der Waals surface area (Å²) in [6.45, 7) is 10.8. The van der Waals surface area contributed by atoms with Crippen molar-refractivity contribution < 1.29 is 27.3 Å². The van der Waals surface area contributed by atoms with Gasteiger partial charge in [0.15, 0.2) is 0 Å². The van der Waals surface area contributed by atoms with Crippen molar-refractivity contribution in [1.82, 2.24) is 9.97 Å². The predicted molar refractivity (Wildman–Crippen MR) is 213 cm³/mol. The van der Waals surface area contributed by atoms with Gasteiger partial charge in [-0.15, -0.1) is 54.1 Å². The normalized spacial score (nSPS) is 14.9. The summed E-state index contributed by atoms with van der Waals surface area (Å²) >= 11 is 0. The van der Waals surface area contributed by atoms with E-state index in [1.54, 1.807) is 0 Å². The Balaban J connectivity index is 0.000000199. The van der Waals surface area contributed by atoms with Crippen molar-refractivity contribution in [3.8, 4) is 33.6 Å². The first kappa shape index (κ1) is 34.0. The van der Waals surface area contributed by atoms with Gasteiger partial charge in [0.1, 0.15) is 5.58 Å². The van der Waals surface area contributed by atoms with E-state index in [4.69, 9.17) is 7.16 Å². The van der Waals surface area contributed by atoms with Gasteiger partial charge in [0.25, 0.3) is 0 Å². The van der Waals surface area contributed by atoms with Crippen LogP contribution in [0.5, 0.6) is 0 Å². The van der Waals surface area contributed by atoms with Gasteiger partial charge < -0.3 is 14.4 Å². The van der Waals surface area contributed by atoms with Crippen LogP contribution in [0.3, 0.4) is 0 Å². The summed E-state index contributed by atoms with van der Waals surface area (Å²) in [7, 11) is -1.50. The fourth-order valence-corrected chi connectivity index (χ4v) is 8.55. The summed E-state index contributed by atoms with van der Waals surface area (Å²) in [5.74, 6) is -1.12. The molecule has 261 valence electrons. The number of pyridine rings is 2. The van der Waals surface area contributed by atoms with Gasteiger partial charge in [0.2, 0.25) is 0 Å². The van der Waals surface area contributed by atoms with Crippen molar-refractivity contribution in [2.75, 3.05) is 0 Å². The first-order valence-corrected chi connectivity index (χ1v) is 21.3. The number of fused-ring (bicyclic) bond motifs is 3. The average molecular weight is 865 g/mol. The average Bonchev–Trinajstić information content (AvgIpc) is 3.53. The van der Waals surface area contributed by atoms with E-state index in [9.17, 15) is 0 Å². The first-order valence-electron chi connectivity index (χ1n) is 18.8. The standard InChI is InChI=1S/C29H24NO.C17H22NSi.Ir/c1-3-8-20(9-4-1)22-14-15-24-25-12-7-13-26(29(25)31-28(24)19-22)27-18-23(16-17-30-27)21-10-5-2-6-11-21;1-13(2)15-11-16(14-9-7-6-8-10-14)18-12-17(15)19(3,4)5;/h1,3-4,7-9,12,14-19,21H,2,5-6,10-11H2;6-9,11-13H,1-5H3;/q2*-1;/i21D;13D;. The molecule has 8 rings (SSSR count). The fourth-order valence-electron chi connectivity index (χ4n) is 6.96. The van der Waals surface area contributed by atoms with Crippen LogP contribution in [-0.2, 0) is 20.1 Å². The van der Waals surface area contributed by atoms with Gasteiger partial charge in [-0.05, 0) is 64.5 Å². The molecular weight excluding hydrogens is 817 g/mol. The van der Waals surface area contributed by atoms with Crippen LogP contribution < -0.4 is 5.19 Å². The Labute approximate surface area is 320 Å². The van der Waals surface area contributed by atoms with E-state index in [0.29, 0.717) is 0 Å². The minimum Gasteiger partial charge on any atom is -0.501 e. The molecule has 1 aliphatic carbocycles. The molecule has 7 aromatic rings. The van der Waals surface area contributed by atoms with Gasteiger partial charge in [-0.1, -0.05) is 129 Å². The molecule has 0 aliphatic heterocycles. The molecule has 3 aromatic heterocycles. The number of furan rings is 1. The fraction of sp³-hybridized carbons (Fsp3) is 0.261. The molecule has 51 heavy (non-hydrogen) atoms. The molecule has 0 spiro atoms. The minimum atomic E-state index is -1.50. The largest absolute Gasteiger partial charge is 0.501 e. The smallest absolute Gasteiger partial charge is 0.121 e. The Morgan fingerprint density at radius 1 is 0.784 bits per heavy atom. The Morgan fingerprint density at radius 2 is 1.57 bits per heavy atom. The molecule has 0 N–H and O–H groups in total. The number of nitrogens with zero attached hydrogens (tertiary/aromatic N) is 2. The van der Waals surface area contributed by atoms with E-state index in [1.165, 1.54) is 17.2 Å². The van der Waals surface area contributed by atoms with Crippen LogP contribution in [0.1, 0.15) is 71.6 Å². The molecule has 3 heterocycles. The minimum absolute atomic E-state index is 0. The zero-order valence-corrected chi connectivity index (χ0v) is 33.5. The van der Waals surface area contributed by atoms with Gasteiger partial charge in [0.05, 0.1) is 13.7 Å². The quantitative estimate of drug-likeness (QED) is 0.123. The molecule has 0 atom stereocenters. The summed E-state index contributed by atoms with van der Waals surface area (Å²) in [6.07, 6.45) is 9.11. The Bertz CT molecular complexity index is 2320. The second-order valence-corrected chi connectivity index (χ2v) is 19.5. The SMILES string of the molecule is [2H]C(C)(C)c1cc(-c2[c-]cccc2)ncc1[Si](C)(C)C.[2H]C1(c2ccnc(-c3[c-]ccc4c3oc3cc(-c5ccccc5)ccc34)c2)CCCCC1.[Ir]. The Kier molecular flexibility index (Phi) is 10.7. The van der Waals surface area contributed by atoms with Crippen molar-refractivity contribution >= 4 is 35.2 Å². The summed E-state index contributed by atoms with van der Waals surface area (Å²) in [6, 6.07) is 41.3. The van der Waals surface area contributed by atoms with Gasteiger partial charge in [-0.3, -0.25) is 0 Å². The zero-order valence-electron chi connectivity index (χ0n) is 32.1. The molecule has 1 saturated carbocycles. The second kappa shape index (κ2) is 16.0. The molecule has 0 saturated heterocycles. The molecule has 0 bridgehead atoms. The van der Waals surface area contributed by atoms with Gasteiger partial charge in [0, 0.05) is 40.6 Å². The van der Waals surface area contributed by atoms with Crippen LogP contribution in [0.4, 0.5) is 0 Å². The van der Waals surface area contributed by atoms with E-state index in [-0.39, 0.29) is 20.1 Å². The number of benzene rings is 4. The van der Waals surface area contributed by atoms with E-state index < -0.39 is 19.9 Å². The summed E-state index contributed by atoms with van der Waals surface area (Å²) in [5.41, 5.74) is 9.70. The number of hydrogen-bond acceptors (Lipinski definition) is 3. The number of aromatic nitrogens is 2. The summed E-state index contributed by atoms with van der Waals surface area (Å²) in [5, 5.41) is 3.44. The molecule has 0 unspecified atom stereocenters. The topological polar surface area (TPSA) is 38.9 Å². The van der Waals surface area contributed by atoms with Crippen LogP contribution in [0.15, 0.2) is 120 Å². The molecule has 1 radical (unpaired) electrons. The molecule has 1 fully saturated rings. The van der Waals surface area contributed by atoms with Crippen molar-refractivity contribution in [3.05, 3.63) is 139 Å². The van der Waals surface area contributed by atoms with Crippen LogP contribution in [-0.4, -0.2) is 18.0 Å². The van der Waals surface area contributed by atoms with Crippen molar-refractivity contribution in [2.24, 2.45) is 0 Å². The molecule has 0 amide bonds. The van der Waals surface area contributed by atoms with E-state index >= 15 is 0 Å². The molecule has 5 heteroatoms. The molecule has 1 aliphatic rings. The summed E-state index contributed by atoms with van der Waals surface area (Å²) in [4.78, 5) is 9.26. The van der Waals surface area contributed by atoms with Crippen molar-refractivity contribution in [3.63, 3.8) is 0 Å². The molecule has 4 aromatic carbocycles. The number of hydrogen-bond donors (Lipinski definition) is 0.